The van der Waals surface area contributed by atoms with Gasteiger partial charge in [0.05, 0.1) is 0 Å². The van der Waals surface area contributed by atoms with E-state index in [0.29, 0.717) is 0 Å². The van der Waals surface area contributed by atoms with Crippen molar-refractivity contribution >= 4 is 11.8 Å². The first-order chi connectivity index (χ1) is 2.50. The van der Waals surface area contributed by atoms with Gasteiger partial charge in [0.2, 0.25) is 0 Å². The highest BCUT2D eigenvalue weighted by atomic mass is 32.2. The summed E-state index contributed by atoms with van der Waals surface area (Å²) < 4.78 is 0. The first-order valence-corrected chi connectivity index (χ1v) is 2.78. The van der Waals surface area contributed by atoms with Gasteiger partial charge in [0, 0.05) is 18.2 Å². The molecule has 0 unspecified atom stereocenters. The van der Waals surface area contributed by atoms with E-state index in [1.54, 1.807) is 0 Å². The molecule has 0 amide bonds. The van der Waals surface area contributed by atoms with E-state index in [1.807, 2.05) is 11.8 Å². The van der Waals surface area contributed by atoms with Crippen LogP contribution >= 0.6 is 11.8 Å². The number of hydrogen-bond donors (Lipinski definition) is 1. The van der Waals surface area contributed by atoms with Gasteiger partial charge in [-0.05, 0) is 0 Å². The fourth-order valence-electron chi connectivity index (χ4n) is 0.295. The second-order valence-electron chi connectivity index (χ2n) is 0.923. The Balaban J connectivity index is 2.08. The van der Waals surface area contributed by atoms with Gasteiger partial charge < -0.3 is 5.32 Å². The Kier molecular flexibility index (Phi) is 1.17. The smallest absolute Gasteiger partial charge is 0.0421 e. The largest absolute Gasteiger partial charge is 0.303 e. The third kappa shape index (κ3) is 0.816. The molecule has 1 saturated heterocycles. The molecule has 0 saturated carbocycles. The molecule has 2 heteroatoms. The first-order valence-electron chi connectivity index (χ1n) is 1.63. The molecular formula is C3H6NS. The Bertz CT molecular complexity index is 18.5. The number of hydrogen-bond acceptors (Lipinski definition) is 2. The van der Waals surface area contributed by atoms with Crippen molar-refractivity contribution in [3.63, 3.8) is 0 Å². The van der Waals surface area contributed by atoms with E-state index in [2.05, 4.69) is 11.9 Å². The minimum absolute atomic E-state index is 1.11. The van der Waals surface area contributed by atoms with Crippen molar-refractivity contribution in [3.8, 4) is 0 Å². The molecule has 1 nitrogen and oxygen atoms in total. The predicted molar refractivity (Wildman–Crippen MR) is 24.8 cm³/mol. The van der Waals surface area contributed by atoms with Crippen LogP contribution < -0.4 is 5.32 Å². The molecule has 1 heterocycles. The van der Waals surface area contributed by atoms with Gasteiger partial charge in [-0.15, -0.1) is 11.8 Å². The maximum atomic E-state index is 3.06. The Hall–Kier alpha value is 0.310. The lowest BCUT2D eigenvalue weighted by Crippen LogP contribution is -1.97. The highest BCUT2D eigenvalue weighted by molar-refractivity contribution is 7.99. The van der Waals surface area contributed by atoms with Gasteiger partial charge in [0.1, 0.15) is 0 Å². The number of thioether (sulfide) groups is 1. The standard InChI is InChI=1S/C3H6NS/c1-2-5-3-4-1/h1,4H,2-3H2. The van der Waals surface area contributed by atoms with E-state index >= 15 is 0 Å². The quantitative estimate of drug-likeness (QED) is 0.461. The minimum atomic E-state index is 1.11. The van der Waals surface area contributed by atoms with E-state index in [0.717, 1.165) is 5.88 Å². The summed E-state index contributed by atoms with van der Waals surface area (Å²) in [6, 6.07) is 0. The van der Waals surface area contributed by atoms with Crippen molar-refractivity contribution in [3.05, 3.63) is 6.54 Å². The fraction of sp³-hybridized carbons (Fsp3) is 0.667. The lowest BCUT2D eigenvalue weighted by molar-refractivity contribution is 0.998. The van der Waals surface area contributed by atoms with E-state index in [4.69, 9.17) is 0 Å². The molecule has 0 aromatic rings. The number of rotatable bonds is 0. The Labute approximate surface area is 36.1 Å². The molecule has 1 aliphatic heterocycles. The Morgan fingerprint density at radius 3 is 3.00 bits per heavy atom. The van der Waals surface area contributed by atoms with Crippen LogP contribution in [0, 0.1) is 6.54 Å². The molecule has 0 spiro atoms. The van der Waals surface area contributed by atoms with Crippen molar-refractivity contribution in [1.82, 2.24) is 5.32 Å². The van der Waals surface area contributed by atoms with Crippen LogP contribution in [0.5, 0.6) is 0 Å². The van der Waals surface area contributed by atoms with E-state index < -0.39 is 0 Å². The molecule has 1 radical (unpaired) electrons. The van der Waals surface area contributed by atoms with Crippen molar-refractivity contribution in [2.75, 3.05) is 11.6 Å². The lowest BCUT2D eigenvalue weighted by Gasteiger charge is -1.74. The van der Waals surface area contributed by atoms with Gasteiger partial charge in [-0.1, -0.05) is 0 Å². The molecule has 1 fully saturated rings. The van der Waals surface area contributed by atoms with Crippen LogP contribution in [0.4, 0.5) is 0 Å². The Morgan fingerprint density at radius 1 is 1.80 bits per heavy atom. The van der Waals surface area contributed by atoms with Crippen LogP contribution in [0.2, 0.25) is 0 Å². The maximum Gasteiger partial charge on any atom is 0.0421 e. The van der Waals surface area contributed by atoms with Crippen LogP contribution in [-0.2, 0) is 0 Å². The lowest BCUT2D eigenvalue weighted by atomic mass is 10.8. The van der Waals surface area contributed by atoms with Crippen LogP contribution in [0.1, 0.15) is 0 Å². The average molecular weight is 88.2 g/mol. The maximum absolute atomic E-state index is 3.06. The molecular weight excluding hydrogens is 82.1 g/mol. The molecule has 5 heavy (non-hydrogen) atoms. The first kappa shape index (κ1) is 3.50. The van der Waals surface area contributed by atoms with Gasteiger partial charge in [-0.25, -0.2) is 0 Å². The predicted octanol–water partition coefficient (Wildman–Crippen LogP) is 0.442. The van der Waals surface area contributed by atoms with Crippen molar-refractivity contribution in [2.45, 2.75) is 0 Å². The van der Waals surface area contributed by atoms with E-state index in [-0.39, 0.29) is 0 Å². The molecule has 0 bridgehead atoms. The van der Waals surface area contributed by atoms with E-state index in [9.17, 15) is 0 Å². The normalized spacial score (nSPS) is 24.0. The number of nitrogens with one attached hydrogen (secondary N) is 1. The summed E-state index contributed by atoms with van der Waals surface area (Å²) in [5.74, 6) is 2.29. The monoisotopic (exact) mass is 88.0 g/mol. The van der Waals surface area contributed by atoms with Gasteiger partial charge in [0.25, 0.3) is 0 Å². The zero-order valence-corrected chi connectivity index (χ0v) is 3.72. The van der Waals surface area contributed by atoms with Gasteiger partial charge >= 0.3 is 0 Å². The molecule has 0 atom stereocenters. The average Bonchev–Trinajstić information content (AvgIpc) is 1.76. The van der Waals surface area contributed by atoms with Crippen LogP contribution in [0.3, 0.4) is 0 Å². The highest BCUT2D eigenvalue weighted by Gasteiger charge is 1.94. The molecule has 29 valence electrons. The third-order valence-electron chi connectivity index (χ3n) is 0.531. The fourth-order valence-corrected chi connectivity index (χ4v) is 0.884. The summed E-state index contributed by atoms with van der Waals surface area (Å²) in [6.45, 7) is 2.07. The van der Waals surface area contributed by atoms with Gasteiger partial charge in [-0.3, -0.25) is 0 Å². The topological polar surface area (TPSA) is 12.0 Å². The van der Waals surface area contributed by atoms with Crippen molar-refractivity contribution in [1.29, 1.82) is 0 Å². The second kappa shape index (κ2) is 1.67. The molecule has 0 aromatic heterocycles. The van der Waals surface area contributed by atoms with Gasteiger partial charge in [0.15, 0.2) is 0 Å². The summed E-state index contributed by atoms with van der Waals surface area (Å²) in [7, 11) is 0. The molecule has 1 rings (SSSR count). The third-order valence-corrected chi connectivity index (χ3v) is 1.30. The summed E-state index contributed by atoms with van der Waals surface area (Å²) in [5.41, 5.74) is 0. The zero-order chi connectivity index (χ0) is 3.54. The summed E-state index contributed by atoms with van der Waals surface area (Å²) in [6.07, 6.45) is 0. The summed E-state index contributed by atoms with van der Waals surface area (Å²) >= 11 is 1.91. The second-order valence-corrected chi connectivity index (χ2v) is 1.95. The minimum Gasteiger partial charge on any atom is -0.303 e. The summed E-state index contributed by atoms with van der Waals surface area (Å²) in [5, 5.41) is 3.06. The summed E-state index contributed by atoms with van der Waals surface area (Å²) in [4.78, 5) is 0. The van der Waals surface area contributed by atoms with Crippen molar-refractivity contribution < 1.29 is 0 Å². The molecule has 1 N–H and O–H groups in total. The van der Waals surface area contributed by atoms with Gasteiger partial charge in [-0.2, -0.15) is 0 Å². The van der Waals surface area contributed by atoms with Crippen LogP contribution in [-0.4, -0.2) is 11.6 Å². The molecule has 1 aliphatic rings. The molecule has 0 aromatic carbocycles. The Morgan fingerprint density at radius 2 is 2.80 bits per heavy atom. The SMILES string of the molecule is [CH]1CSCN1. The zero-order valence-electron chi connectivity index (χ0n) is 2.90. The van der Waals surface area contributed by atoms with Crippen molar-refractivity contribution in [2.24, 2.45) is 0 Å². The van der Waals surface area contributed by atoms with Crippen LogP contribution in [0.25, 0.3) is 0 Å². The molecule has 0 aliphatic carbocycles. The highest BCUT2D eigenvalue weighted by Crippen LogP contribution is 2.03. The van der Waals surface area contributed by atoms with E-state index in [1.165, 1.54) is 5.75 Å². The van der Waals surface area contributed by atoms with Crippen LogP contribution in [0.15, 0.2) is 0 Å².